The van der Waals surface area contributed by atoms with Crippen molar-refractivity contribution < 1.29 is 19.4 Å². The molecule has 8 bridgehead atoms. The molecule has 0 saturated heterocycles. The molecule has 4 aromatic rings. The van der Waals surface area contributed by atoms with Crippen LogP contribution in [0.2, 0.25) is 0 Å². The summed E-state index contributed by atoms with van der Waals surface area (Å²) in [6.45, 7) is 4.11. The van der Waals surface area contributed by atoms with Gasteiger partial charge in [-0.1, -0.05) is 42.5 Å². The molecule has 1 N–H and O–H groups in total. The van der Waals surface area contributed by atoms with Gasteiger partial charge in [0.1, 0.15) is 23.4 Å². The molecule has 1 aromatic heterocycles. The third kappa shape index (κ3) is 5.02. The Morgan fingerprint density at radius 1 is 1.05 bits per heavy atom. The Hall–Kier alpha value is -4.46. The van der Waals surface area contributed by atoms with Crippen molar-refractivity contribution in [2.75, 3.05) is 13.2 Å². The molecular weight excluding hydrogens is 492 g/mol. The van der Waals surface area contributed by atoms with Crippen molar-refractivity contribution in [3.8, 4) is 5.75 Å². The van der Waals surface area contributed by atoms with E-state index in [4.69, 9.17) is 9.84 Å². The molecule has 0 spiro atoms. The van der Waals surface area contributed by atoms with E-state index in [-0.39, 0.29) is 18.2 Å². The summed E-state index contributed by atoms with van der Waals surface area (Å²) in [7, 11) is 0. The van der Waals surface area contributed by atoms with E-state index < -0.39 is 5.97 Å². The molecule has 0 saturated carbocycles. The van der Waals surface area contributed by atoms with Gasteiger partial charge in [0.15, 0.2) is 0 Å². The van der Waals surface area contributed by atoms with Crippen LogP contribution in [0.3, 0.4) is 0 Å². The number of hydrogen-bond donors (Lipinski definition) is 1. The number of allylic oxidation sites excluding steroid dienone is 1. The summed E-state index contributed by atoms with van der Waals surface area (Å²) in [5.74, 6) is -0.598. The predicted octanol–water partition coefficient (Wildman–Crippen LogP) is 4.88. The highest BCUT2D eigenvalue weighted by Gasteiger charge is 2.26. The maximum Gasteiger partial charge on any atom is 0.304 e. The standard InChI is InChI=1S/C31H30N4O4/c1-20-26-10-11-28-30(20)33-35(32-28)13-3-2-4-15-39-25-7-5-6-23(17-25)31(38)34-14-12-21-8-9-22(16-24(21)19-34)27(26)18-29(36)37/h2,4-11,16-17,27H,3,12-15,18-19H2,1H3,(H,36,37)/b4-2+. The Bertz CT molecular complexity index is 1610. The molecule has 2 aliphatic rings. The normalized spacial score (nSPS) is 18.2. The van der Waals surface area contributed by atoms with Crippen LogP contribution in [0.1, 0.15) is 56.9 Å². The number of nitrogens with zero attached hydrogens (tertiary/aromatic N) is 4. The van der Waals surface area contributed by atoms with Gasteiger partial charge >= 0.3 is 5.97 Å². The Balaban J connectivity index is 1.44. The number of carbonyl (C=O) groups is 2. The lowest BCUT2D eigenvalue weighted by Gasteiger charge is -2.30. The Morgan fingerprint density at radius 2 is 1.95 bits per heavy atom. The third-order valence-corrected chi connectivity index (χ3v) is 7.67. The van der Waals surface area contributed by atoms with Crippen molar-refractivity contribution in [3.05, 3.63) is 100 Å². The molecule has 0 radical (unpaired) electrons. The second-order valence-electron chi connectivity index (χ2n) is 10.2. The number of carboxylic acids is 1. The minimum absolute atomic E-state index is 0.0382. The number of ether oxygens (including phenoxy) is 1. The number of fused-ring (bicyclic) bond motifs is 6. The highest BCUT2D eigenvalue weighted by Crippen LogP contribution is 2.35. The fraction of sp³-hybridized carbons (Fsp3) is 0.290. The molecule has 198 valence electrons. The third-order valence-electron chi connectivity index (χ3n) is 7.67. The molecule has 8 nitrogen and oxygen atoms in total. The first-order valence-electron chi connectivity index (χ1n) is 13.3. The largest absolute Gasteiger partial charge is 0.490 e. The molecule has 3 aromatic carbocycles. The highest BCUT2D eigenvalue weighted by atomic mass is 16.5. The Labute approximate surface area is 226 Å². The number of carboxylic acid groups (broad SMARTS) is 1. The van der Waals surface area contributed by atoms with Crippen molar-refractivity contribution in [1.82, 2.24) is 19.9 Å². The number of aromatic nitrogens is 3. The lowest BCUT2D eigenvalue weighted by molar-refractivity contribution is -0.137. The van der Waals surface area contributed by atoms with Crippen molar-refractivity contribution in [2.45, 2.75) is 45.2 Å². The van der Waals surface area contributed by atoms with Gasteiger partial charge in [-0.25, -0.2) is 0 Å². The number of amides is 1. The average Bonchev–Trinajstić information content (AvgIpc) is 3.36. The lowest BCUT2D eigenvalue weighted by atomic mass is 9.83. The number of benzene rings is 3. The van der Waals surface area contributed by atoms with E-state index in [0.29, 0.717) is 37.6 Å². The summed E-state index contributed by atoms with van der Waals surface area (Å²) in [4.78, 5) is 29.0. The summed E-state index contributed by atoms with van der Waals surface area (Å²) in [6.07, 6.45) is 5.43. The minimum atomic E-state index is -0.864. The summed E-state index contributed by atoms with van der Waals surface area (Å²) < 4.78 is 5.88. The summed E-state index contributed by atoms with van der Waals surface area (Å²) >= 11 is 0. The topological polar surface area (TPSA) is 97.5 Å². The van der Waals surface area contributed by atoms with E-state index in [0.717, 1.165) is 46.1 Å². The first-order chi connectivity index (χ1) is 19.0. The number of rotatable bonds is 2. The number of aliphatic carboxylic acids is 1. The first-order valence-corrected chi connectivity index (χ1v) is 13.3. The van der Waals surface area contributed by atoms with Gasteiger partial charge < -0.3 is 14.7 Å². The molecule has 39 heavy (non-hydrogen) atoms. The van der Waals surface area contributed by atoms with Crippen LogP contribution in [0.15, 0.2) is 66.7 Å². The van der Waals surface area contributed by atoms with Crippen LogP contribution in [-0.2, 0) is 24.3 Å². The zero-order valence-corrected chi connectivity index (χ0v) is 21.8. The van der Waals surface area contributed by atoms with Gasteiger partial charge in [-0.15, -0.1) is 0 Å². The molecule has 6 rings (SSSR count). The fourth-order valence-corrected chi connectivity index (χ4v) is 5.62. The lowest BCUT2D eigenvalue weighted by Crippen LogP contribution is -2.36. The Morgan fingerprint density at radius 3 is 2.82 bits per heavy atom. The first kappa shape index (κ1) is 24.9. The van der Waals surface area contributed by atoms with Gasteiger partial charge in [-0.2, -0.15) is 15.0 Å². The molecule has 1 amide bonds. The van der Waals surface area contributed by atoms with Gasteiger partial charge in [0.25, 0.3) is 5.91 Å². The molecule has 0 aliphatic carbocycles. The zero-order valence-electron chi connectivity index (χ0n) is 21.8. The van der Waals surface area contributed by atoms with Crippen molar-refractivity contribution >= 4 is 22.9 Å². The monoisotopic (exact) mass is 522 g/mol. The summed E-state index contributed by atoms with van der Waals surface area (Å²) in [6, 6.07) is 17.4. The van der Waals surface area contributed by atoms with Crippen LogP contribution in [0, 0.1) is 6.92 Å². The van der Waals surface area contributed by atoms with Crippen LogP contribution in [0.5, 0.6) is 5.75 Å². The average molecular weight is 523 g/mol. The summed E-state index contributed by atoms with van der Waals surface area (Å²) in [5, 5.41) is 19.2. The number of aryl methyl sites for hydroxylation is 2. The second kappa shape index (κ2) is 10.4. The van der Waals surface area contributed by atoms with Crippen LogP contribution in [0.4, 0.5) is 0 Å². The quantitative estimate of drug-likeness (QED) is 0.377. The molecule has 2 aliphatic heterocycles. The van der Waals surface area contributed by atoms with Crippen molar-refractivity contribution in [1.29, 1.82) is 0 Å². The molecule has 8 heteroatoms. The molecule has 0 fully saturated rings. The maximum atomic E-state index is 13.4. The number of carbonyl (C=O) groups excluding carboxylic acids is 1. The van der Waals surface area contributed by atoms with Crippen LogP contribution >= 0.6 is 0 Å². The Kier molecular flexibility index (Phi) is 6.60. The molecule has 1 unspecified atom stereocenters. The van der Waals surface area contributed by atoms with E-state index in [9.17, 15) is 14.7 Å². The maximum absolute atomic E-state index is 13.4. The molecule has 1 atom stereocenters. The zero-order chi connectivity index (χ0) is 26.9. The number of hydrogen-bond acceptors (Lipinski definition) is 5. The van der Waals surface area contributed by atoms with Crippen molar-refractivity contribution in [2.24, 2.45) is 0 Å². The molecule has 3 heterocycles. The van der Waals surface area contributed by atoms with Gasteiger partial charge in [-0.3, -0.25) is 9.59 Å². The van der Waals surface area contributed by atoms with Crippen LogP contribution in [0.25, 0.3) is 11.0 Å². The van der Waals surface area contributed by atoms with E-state index in [1.165, 1.54) is 5.56 Å². The van der Waals surface area contributed by atoms with Gasteiger partial charge in [-0.05, 0) is 71.8 Å². The van der Waals surface area contributed by atoms with Gasteiger partial charge in [0.2, 0.25) is 0 Å². The fourth-order valence-electron chi connectivity index (χ4n) is 5.62. The minimum Gasteiger partial charge on any atom is -0.490 e. The second-order valence-corrected chi connectivity index (χ2v) is 10.2. The smallest absolute Gasteiger partial charge is 0.304 e. The van der Waals surface area contributed by atoms with Crippen LogP contribution < -0.4 is 4.74 Å². The van der Waals surface area contributed by atoms with E-state index in [1.807, 2.05) is 60.4 Å². The predicted molar refractivity (Wildman–Crippen MR) is 147 cm³/mol. The molecular formula is C31H30N4O4. The van der Waals surface area contributed by atoms with E-state index in [1.54, 1.807) is 10.9 Å². The SMILES string of the molecule is Cc1c2ccc3nn(nc13)CC/C=C/COc1cccc(c1)C(=O)N1CCc3ccc(cc3C1)C2CC(=O)O. The van der Waals surface area contributed by atoms with Crippen molar-refractivity contribution in [3.63, 3.8) is 0 Å². The van der Waals surface area contributed by atoms with E-state index >= 15 is 0 Å². The highest BCUT2D eigenvalue weighted by molar-refractivity contribution is 5.94. The van der Waals surface area contributed by atoms with Gasteiger partial charge in [0.05, 0.1) is 13.0 Å². The summed E-state index contributed by atoms with van der Waals surface area (Å²) in [5.41, 5.74) is 7.20. The van der Waals surface area contributed by atoms with Crippen LogP contribution in [-0.4, -0.2) is 50.0 Å². The van der Waals surface area contributed by atoms with Gasteiger partial charge in [0, 0.05) is 24.6 Å². The van der Waals surface area contributed by atoms with E-state index in [2.05, 4.69) is 17.2 Å².